The highest BCUT2D eigenvalue weighted by atomic mass is 32.5. The third-order valence-electron chi connectivity index (χ3n) is 0.692. The summed E-state index contributed by atoms with van der Waals surface area (Å²) in [5, 5.41) is 2.26. The highest BCUT2D eigenvalue weighted by Gasteiger charge is 2.11. The van der Waals surface area contributed by atoms with Gasteiger partial charge >= 0.3 is 0 Å². The molecule has 9 heavy (non-hydrogen) atoms. The van der Waals surface area contributed by atoms with Crippen LogP contribution in [0.25, 0.3) is 0 Å². The molecule has 0 aromatic rings. The molecular formula is C3H8NO3PS. The zero-order chi connectivity index (χ0) is 7.33. The molecule has 0 unspecified atom stereocenters. The summed E-state index contributed by atoms with van der Waals surface area (Å²) >= 11 is 4.73. The number of hydrogen-bond donors (Lipinski definition) is 1. The van der Waals surface area contributed by atoms with Crippen molar-refractivity contribution in [3.8, 4) is 0 Å². The van der Waals surface area contributed by atoms with Crippen molar-refractivity contribution in [3.63, 3.8) is 0 Å². The van der Waals surface area contributed by atoms with E-state index in [1.807, 2.05) is 0 Å². The molecule has 4 nitrogen and oxygen atoms in total. The van der Waals surface area contributed by atoms with Gasteiger partial charge < -0.3 is 9.05 Å². The van der Waals surface area contributed by atoms with Gasteiger partial charge in [-0.15, -0.1) is 0 Å². The molecule has 0 aromatic carbocycles. The maximum atomic E-state index is 9.83. The lowest BCUT2D eigenvalue weighted by molar-refractivity contribution is -0.108. The Labute approximate surface area is 58.8 Å². The molecule has 0 atom stereocenters. The van der Waals surface area contributed by atoms with E-state index < -0.39 is 6.64 Å². The van der Waals surface area contributed by atoms with Gasteiger partial charge in [0.15, 0.2) is 0 Å². The van der Waals surface area contributed by atoms with Gasteiger partial charge in [-0.3, -0.25) is 9.88 Å². The Morgan fingerprint density at radius 2 is 2.00 bits per heavy atom. The minimum absolute atomic E-state index is 0.466. The van der Waals surface area contributed by atoms with E-state index in [4.69, 9.17) is 11.8 Å². The van der Waals surface area contributed by atoms with Crippen LogP contribution in [0.2, 0.25) is 0 Å². The van der Waals surface area contributed by atoms with Crippen LogP contribution in [0.4, 0.5) is 0 Å². The summed E-state index contributed by atoms with van der Waals surface area (Å²) in [6, 6.07) is 0. The molecule has 0 aliphatic heterocycles. The van der Waals surface area contributed by atoms with Crippen LogP contribution in [0.1, 0.15) is 0 Å². The summed E-state index contributed by atoms with van der Waals surface area (Å²) < 4.78 is 9.38. The molecule has 0 aliphatic carbocycles. The molecule has 0 bridgehead atoms. The molecule has 0 saturated carbocycles. The highest BCUT2D eigenvalue weighted by Crippen LogP contribution is 2.40. The first kappa shape index (κ1) is 9.04. The second kappa shape index (κ2) is 3.95. The third-order valence-corrected chi connectivity index (χ3v) is 3.29. The molecule has 0 aliphatic rings. The predicted octanol–water partition coefficient (Wildman–Crippen LogP) is 0.250. The predicted molar refractivity (Wildman–Crippen MR) is 37.5 cm³/mol. The first-order chi connectivity index (χ1) is 4.18. The van der Waals surface area contributed by atoms with Crippen LogP contribution in [0.3, 0.4) is 0 Å². The van der Waals surface area contributed by atoms with Gasteiger partial charge in [0.2, 0.25) is 6.41 Å². The van der Waals surface area contributed by atoms with Crippen LogP contribution >= 0.6 is 6.64 Å². The molecule has 0 heterocycles. The van der Waals surface area contributed by atoms with E-state index >= 15 is 0 Å². The van der Waals surface area contributed by atoms with Crippen molar-refractivity contribution >= 4 is 24.9 Å². The van der Waals surface area contributed by atoms with Crippen LogP contribution < -0.4 is 5.09 Å². The van der Waals surface area contributed by atoms with Crippen molar-refractivity contribution in [2.45, 2.75) is 0 Å². The average Bonchev–Trinajstić information content (AvgIpc) is 1.89. The molecule has 0 saturated heterocycles. The van der Waals surface area contributed by atoms with Gasteiger partial charge in [0.25, 0.3) is 6.64 Å². The van der Waals surface area contributed by atoms with Crippen molar-refractivity contribution < 1.29 is 13.8 Å². The van der Waals surface area contributed by atoms with E-state index in [2.05, 4.69) is 14.1 Å². The fourth-order valence-corrected chi connectivity index (χ4v) is 0.863. The minimum atomic E-state index is -2.47. The van der Waals surface area contributed by atoms with E-state index in [0.717, 1.165) is 0 Å². The Bertz CT molecular complexity index is 131. The summed E-state index contributed by atoms with van der Waals surface area (Å²) in [4.78, 5) is 9.83. The van der Waals surface area contributed by atoms with Gasteiger partial charge in [-0.2, -0.15) is 0 Å². The molecule has 6 heteroatoms. The Hall–Kier alpha value is 0.0400. The smallest absolute Gasteiger partial charge is 0.288 e. The lowest BCUT2D eigenvalue weighted by atomic mass is 11.5. The number of carbonyl (C=O) groups excluding carboxylic acids is 1. The average molecular weight is 169 g/mol. The molecule has 0 spiro atoms. The highest BCUT2D eigenvalue weighted by molar-refractivity contribution is 8.09. The topological polar surface area (TPSA) is 47.6 Å². The second-order valence-corrected chi connectivity index (χ2v) is 4.54. The summed E-state index contributed by atoms with van der Waals surface area (Å²) in [6.07, 6.45) is 0.466. The largest absolute Gasteiger partial charge is 0.317 e. The number of nitrogens with one attached hydrogen (secondary N) is 1. The van der Waals surface area contributed by atoms with Gasteiger partial charge in [0, 0.05) is 14.2 Å². The zero-order valence-corrected chi connectivity index (χ0v) is 6.87. The standard InChI is InChI=1S/C3H8NO3PS/c1-6-8(9,7-2)4-3-5/h3H,1-2H3,(H,4,5,9). The van der Waals surface area contributed by atoms with Crippen molar-refractivity contribution in [2.75, 3.05) is 14.2 Å². The molecule has 1 amide bonds. The molecule has 54 valence electrons. The monoisotopic (exact) mass is 169 g/mol. The van der Waals surface area contributed by atoms with Crippen LogP contribution in [0.5, 0.6) is 0 Å². The van der Waals surface area contributed by atoms with Crippen LogP contribution in [-0.2, 0) is 25.6 Å². The third kappa shape index (κ3) is 2.91. The summed E-state index contributed by atoms with van der Waals surface area (Å²) in [7, 11) is 2.78. The van der Waals surface area contributed by atoms with Gasteiger partial charge in [-0.25, -0.2) is 0 Å². The van der Waals surface area contributed by atoms with Gasteiger partial charge in [0.05, 0.1) is 0 Å². The quantitative estimate of drug-likeness (QED) is 0.484. The summed E-state index contributed by atoms with van der Waals surface area (Å²) in [5.41, 5.74) is 0. The van der Waals surface area contributed by atoms with Crippen molar-refractivity contribution in [3.05, 3.63) is 0 Å². The van der Waals surface area contributed by atoms with E-state index in [0.29, 0.717) is 6.41 Å². The molecule has 0 radical (unpaired) electrons. The van der Waals surface area contributed by atoms with E-state index in [1.165, 1.54) is 14.2 Å². The maximum Gasteiger partial charge on any atom is 0.288 e. The Morgan fingerprint density at radius 3 is 2.11 bits per heavy atom. The fourth-order valence-electron chi connectivity index (χ4n) is 0.244. The first-order valence-corrected chi connectivity index (χ1v) is 4.75. The summed E-state index contributed by atoms with van der Waals surface area (Å²) in [6.45, 7) is -2.47. The van der Waals surface area contributed by atoms with Crippen molar-refractivity contribution in [1.29, 1.82) is 0 Å². The van der Waals surface area contributed by atoms with E-state index in [1.54, 1.807) is 0 Å². The SMILES string of the molecule is COP(=S)(NC=O)OC. The lowest BCUT2D eigenvalue weighted by Gasteiger charge is -2.14. The number of amides is 1. The molecule has 0 rings (SSSR count). The first-order valence-electron chi connectivity index (χ1n) is 2.11. The molecular weight excluding hydrogens is 161 g/mol. The van der Waals surface area contributed by atoms with Gasteiger partial charge in [0.1, 0.15) is 0 Å². The summed E-state index contributed by atoms with van der Waals surface area (Å²) in [5.74, 6) is 0. The fraction of sp³-hybridized carbons (Fsp3) is 0.667. The lowest BCUT2D eigenvalue weighted by Crippen LogP contribution is -2.09. The van der Waals surface area contributed by atoms with Crippen molar-refractivity contribution in [1.82, 2.24) is 5.09 Å². The number of rotatable bonds is 4. The Morgan fingerprint density at radius 1 is 1.56 bits per heavy atom. The zero-order valence-electron chi connectivity index (χ0n) is 5.16. The number of hydrogen-bond acceptors (Lipinski definition) is 4. The molecule has 0 aromatic heterocycles. The van der Waals surface area contributed by atoms with Gasteiger partial charge in [-0.1, -0.05) is 0 Å². The number of carbonyl (C=O) groups is 1. The van der Waals surface area contributed by atoms with Crippen molar-refractivity contribution in [2.24, 2.45) is 0 Å². The Kier molecular flexibility index (Phi) is 3.97. The Balaban J connectivity index is 3.93. The second-order valence-electron chi connectivity index (χ2n) is 1.11. The van der Waals surface area contributed by atoms with Gasteiger partial charge in [-0.05, 0) is 11.8 Å². The molecule has 0 fully saturated rings. The normalized spacial score (nSPS) is 10.9. The minimum Gasteiger partial charge on any atom is -0.317 e. The molecule has 1 N–H and O–H groups in total. The van der Waals surface area contributed by atoms with Crippen LogP contribution in [0.15, 0.2) is 0 Å². The maximum absolute atomic E-state index is 9.83. The van der Waals surface area contributed by atoms with E-state index in [-0.39, 0.29) is 0 Å². The van der Waals surface area contributed by atoms with Crippen LogP contribution in [-0.4, -0.2) is 20.6 Å². The van der Waals surface area contributed by atoms with E-state index in [9.17, 15) is 4.79 Å². The van der Waals surface area contributed by atoms with Crippen LogP contribution in [0, 0.1) is 0 Å².